The highest BCUT2D eigenvalue weighted by molar-refractivity contribution is 9.10. The molecule has 32 heavy (non-hydrogen) atoms. The maximum atomic E-state index is 13.2. The molecule has 0 saturated heterocycles. The van der Waals surface area contributed by atoms with Crippen LogP contribution in [0.1, 0.15) is 38.7 Å². The van der Waals surface area contributed by atoms with E-state index >= 15 is 0 Å². The van der Waals surface area contributed by atoms with E-state index in [4.69, 9.17) is 9.47 Å². The fourth-order valence-electron chi connectivity index (χ4n) is 4.19. The van der Waals surface area contributed by atoms with Crippen LogP contribution in [0.2, 0.25) is 0 Å². The molecule has 2 N–H and O–H groups in total. The minimum absolute atomic E-state index is 0.0621. The smallest absolute Gasteiger partial charge is 0.336 e. The lowest BCUT2D eigenvalue weighted by molar-refractivity contribution is -0.159. The molecule has 0 fully saturated rings. The first-order valence-electron chi connectivity index (χ1n) is 10.6. The fourth-order valence-corrected chi connectivity index (χ4v) is 4.46. The van der Waals surface area contributed by atoms with Crippen LogP contribution in [0, 0.1) is 5.92 Å². The lowest BCUT2D eigenvalue weighted by Gasteiger charge is -2.43. The normalized spacial score (nSPS) is 22.9. The first kappa shape index (κ1) is 24.0. The molecule has 0 heterocycles. The molecule has 0 aromatic heterocycles. The van der Waals surface area contributed by atoms with Crippen molar-refractivity contribution in [1.29, 1.82) is 0 Å². The Kier molecular flexibility index (Phi) is 7.74. The van der Waals surface area contributed by atoms with Crippen molar-refractivity contribution in [3.8, 4) is 0 Å². The number of para-hydroxylation sites is 1. The van der Waals surface area contributed by atoms with Gasteiger partial charge < -0.3 is 19.9 Å². The highest BCUT2D eigenvalue weighted by Crippen LogP contribution is 2.48. The summed E-state index contributed by atoms with van der Waals surface area (Å²) in [5, 5.41) is 14.7. The predicted molar refractivity (Wildman–Crippen MR) is 126 cm³/mol. The molecule has 2 aromatic carbocycles. The van der Waals surface area contributed by atoms with Crippen LogP contribution in [0.3, 0.4) is 0 Å². The molecule has 1 aliphatic carbocycles. The van der Waals surface area contributed by atoms with Crippen molar-refractivity contribution in [2.24, 2.45) is 5.92 Å². The summed E-state index contributed by atoms with van der Waals surface area (Å²) in [6.07, 6.45) is 0.0621. The number of hydrogen-bond acceptors (Lipinski definition) is 6. The molecule has 0 unspecified atom stereocenters. The van der Waals surface area contributed by atoms with E-state index < -0.39 is 29.4 Å². The van der Waals surface area contributed by atoms with Crippen molar-refractivity contribution in [3.63, 3.8) is 0 Å². The van der Waals surface area contributed by atoms with Gasteiger partial charge in [0.05, 0.1) is 30.3 Å². The fraction of sp³-hybridized carbons (Fsp3) is 0.360. The lowest BCUT2D eigenvalue weighted by Crippen LogP contribution is -2.49. The number of halogens is 1. The number of ether oxygens (including phenoxy) is 2. The van der Waals surface area contributed by atoms with E-state index in [1.807, 2.05) is 54.6 Å². The Labute approximate surface area is 196 Å². The van der Waals surface area contributed by atoms with E-state index in [2.05, 4.69) is 21.2 Å². The van der Waals surface area contributed by atoms with Gasteiger partial charge in [-0.2, -0.15) is 0 Å². The zero-order chi connectivity index (χ0) is 23.3. The van der Waals surface area contributed by atoms with Gasteiger partial charge in [-0.3, -0.25) is 4.79 Å². The van der Waals surface area contributed by atoms with Crippen LogP contribution in [0.15, 0.2) is 70.3 Å². The molecule has 0 spiro atoms. The maximum Gasteiger partial charge on any atom is 0.336 e. The van der Waals surface area contributed by atoms with Gasteiger partial charge in [-0.1, -0.05) is 46.3 Å². The summed E-state index contributed by atoms with van der Waals surface area (Å²) in [5.74, 6) is -2.81. The Morgan fingerprint density at radius 2 is 1.69 bits per heavy atom. The molecule has 0 amide bonds. The monoisotopic (exact) mass is 501 g/mol. The largest absolute Gasteiger partial charge is 0.466 e. The molecule has 170 valence electrons. The van der Waals surface area contributed by atoms with Gasteiger partial charge in [0.15, 0.2) is 0 Å². The standard InChI is InChI=1S/C25H28BrNO5/c1-4-31-23(28)21-19(27-18-9-7-6-8-10-18)15-25(3,30)22(24(29)32-5-2)20(21)16-11-13-17(26)14-12-16/h6-14,20,22,27,30H,4-5,15H2,1-3H3/t20-,22-,25+/m0/s1. The van der Waals surface area contributed by atoms with Gasteiger partial charge in [-0.15, -0.1) is 0 Å². The topological polar surface area (TPSA) is 84.9 Å². The Hall–Kier alpha value is -2.64. The van der Waals surface area contributed by atoms with Crippen LogP contribution in [-0.2, 0) is 19.1 Å². The predicted octanol–water partition coefficient (Wildman–Crippen LogP) is 4.80. The molecule has 0 saturated carbocycles. The maximum absolute atomic E-state index is 13.2. The van der Waals surface area contributed by atoms with Gasteiger partial charge in [0, 0.05) is 28.2 Å². The third-order valence-electron chi connectivity index (χ3n) is 5.51. The minimum atomic E-state index is -1.46. The van der Waals surface area contributed by atoms with Gasteiger partial charge in [-0.05, 0) is 50.6 Å². The second-order valence-electron chi connectivity index (χ2n) is 7.90. The van der Waals surface area contributed by atoms with Crippen LogP contribution < -0.4 is 5.32 Å². The van der Waals surface area contributed by atoms with Crippen molar-refractivity contribution in [2.45, 2.75) is 38.7 Å². The molecule has 0 aliphatic heterocycles. The van der Waals surface area contributed by atoms with Crippen LogP contribution in [-0.4, -0.2) is 35.9 Å². The number of rotatable bonds is 7. The number of aliphatic hydroxyl groups is 1. The zero-order valence-corrected chi connectivity index (χ0v) is 20.0. The number of anilines is 1. The van der Waals surface area contributed by atoms with E-state index in [1.165, 1.54) is 0 Å². The second kappa shape index (κ2) is 10.3. The summed E-state index contributed by atoms with van der Waals surface area (Å²) in [5.41, 5.74) is 0.860. The van der Waals surface area contributed by atoms with Crippen molar-refractivity contribution >= 4 is 33.6 Å². The number of nitrogens with one attached hydrogen (secondary N) is 1. The van der Waals surface area contributed by atoms with Gasteiger partial charge in [0.1, 0.15) is 0 Å². The van der Waals surface area contributed by atoms with Crippen molar-refractivity contribution in [2.75, 3.05) is 18.5 Å². The van der Waals surface area contributed by atoms with E-state index in [1.54, 1.807) is 20.8 Å². The van der Waals surface area contributed by atoms with Crippen LogP contribution in [0.25, 0.3) is 0 Å². The van der Waals surface area contributed by atoms with Gasteiger partial charge in [-0.25, -0.2) is 4.79 Å². The van der Waals surface area contributed by atoms with Crippen LogP contribution in [0.4, 0.5) is 5.69 Å². The molecular formula is C25H28BrNO5. The van der Waals surface area contributed by atoms with E-state index in [0.717, 1.165) is 10.2 Å². The summed E-state index contributed by atoms with van der Waals surface area (Å²) >= 11 is 3.43. The first-order chi connectivity index (χ1) is 15.3. The lowest BCUT2D eigenvalue weighted by atomic mass is 9.66. The summed E-state index contributed by atoms with van der Waals surface area (Å²) in [6.45, 7) is 5.42. The quantitative estimate of drug-likeness (QED) is 0.530. The van der Waals surface area contributed by atoms with Crippen molar-refractivity contribution in [1.82, 2.24) is 0 Å². The summed E-state index contributed by atoms with van der Waals surface area (Å²) < 4.78 is 11.6. The molecule has 1 aliphatic rings. The molecule has 0 radical (unpaired) electrons. The average molecular weight is 502 g/mol. The number of carbonyl (C=O) groups excluding carboxylic acids is 2. The summed E-state index contributed by atoms with van der Waals surface area (Å²) in [4.78, 5) is 26.3. The van der Waals surface area contributed by atoms with Crippen molar-refractivity contribution < 1.29 is 24.2 Å². The minimum Gasteiger partial charge on any atom is -0.466 e. The highest BCUT2D eigenvalue weighted by Gasteiger charge is 2.52. The molecular weight excluding hydrogens is 474 g/mol. The number of esters is 2. The average Bonchev–Trinajstić information content (AvgIpc) is 2.74. The first-order valence-corrected chi connectivity index (χ1v) is 11.4. The molecule has 3 rings (SSSR count). The number of carbonyl (C=O) groups is 2. The van der Waals surface area contributed by atoms with Crippen LogP contribution in [0.5, 0.6) is 0 Å². The molecule has 2 aromatic rings. The number of hydrogen-bond donors (Lipinski definition) is 2. The SMILES string of the molecule is CCOC(=O)C1=C(Nc2ccccc2)C[C@@](C)(O)[C@H](C(=O)OCC)[C@H]1c1ccc(Br)cc1. The Balaban J connectivity index is 2.23. The second-order valence-corrected chi connectivity index (χ2v) is 8.81. The number of benzene rings is 2. The molecule has 0 bridgehead atoms. The third-order valence-corrected chi connectivity index (χ3v) is 6.04. The van der Waals surface area contributed by atoms with Crippen LogP contribution >= 0.6 is 15.9 Å². The Morgan fingerprint density at radius 1 is 1.06 bits per heavy atom. The van der Waals surface area contributed by atoms with E-state index in [-0.39, 0.29) is 19.6 Å². The Bertz CT molecular complexity index is 985. The highest BCUT2D eigenvalue weighted by atomic mass is 79.9. The molecule has 6 nitrogen and oxygen atoms in total. The zero-order valence-electron chi connectivity index (χ0n) is 18.4. The van der Waals surface area contributed by atoms with Gasteiger partial charge in [0.2, 0.25) is 0 Å². The molecule has 3 atom stereocenters. The Morgan fingerprint density at radius 3 is 2.28 bits per heavy atom. The summed E-state index contributed by atoms with van der Waals surface area (Å²) in [6, 6.07) is 16.7. The van der Waals surface area contributed by atoms with Crippen molar-refractivity contribution in [3.05, 3.63) is 75.9 Å². The third kappa shape index (κ3) is 5.22. The van der Waals surface area contributed by atoms with Gasteiger partial charge in [0.25, 0.3) is 0 Å². The van der Waals surface area contributed by atoms with Gasteiger partial charge >= 0.3 is 11.9 Å². The van der Waals surface area contributed by atoms with E-state index in [9.17, 15) is 14.7 Å². The van der Waals surface area contributed by atoms with E-state index in [0.29, 0.717) is 16.8 Å². The summed E-state index contributed by atoms with van der Waals surface area (Å²) in [7, 11) is 0. The molecule has 7 heteroatoms.